The minimum absolute atomic E-state index is 0.502. The summed E-state index contributed by atoms with van der Waals surface area (Å²) in [6.07, 6.45) is 0. The SMILES string of the molecule is CCN1CCN(CCNC(=NC)NCC(C)c2ccsc2)CC1. The van der Waals surface area contributed by atoms with Gasteiger partial charge in [0.25, 0.3) is 0 Å². The predicted octanol–water partition coefficient (Wildman–Crippen LogP) is 1.65. The first-order valence-corrected chi connectivity index (χ1v) is 9.58. The Kier molecular flexibility index (Phi) is 7.85. The molecule has 5 nitrogen and oxygen atoms in total. The summed E-state index contributed by atoms with van der Waals surface area (Å²) in [4.78, 5) is 9.36. The van der Waals surface area contributed by atoms with Crippen molar-refractivity contribution in [2.45, 2.75) is 19.8 Å². The van der Waals surface area contributed by atoms with E-state index in [1.807, 2.05) is 7.05 Å². The number of guanidine groups is 1. The lowest BCUT2D eigenvalue weighted by Gasteiger charge is -2.34. The smallest absolute Gasteiger partial charge is 0.191 e. The van der Waals surface area contributed by atoms with E-state index >= 15 is 0 Å². The molecule has 1 aliphatic heterocycles. The Balaban J connectivity index is 1.62. The third-order valence-electron chi connectivity index (χ3n) is 4.54. The van der Waals surface area contributed by atoms with Crippen molar-refractivity contribution >= 4 is 17.3 Å². The van der Waals surface area contributed by atoms with Gasteiger partial charge < -0.3 is 15.5 Å². The molecule has 0 aromatic carbocycles. The van der Waals surface area contributed by atoms with Crippen LogP contribution in [-0.2, 0) is 0 Å². The Bertz CT molecular complexity index is 452. The van der Waals surface area contributed by atoms with Gasteiger partial charge in [0.15, 0.2) is 5.96 Å². The minimum atomic E-state index is 0.502. The van der Waals surface area contributed by atoms with Crippen LogP contribution >= 0.6 is 11.3 Å². The summed E-state index contributed by atoms with van der Waals surface area (Å²) >= 11 is 1.76. The number of hydrogen-bond acceptors (Lipinski definition) is 4. The quantitative estimate of drug-likeness (QED) is 0.587. The Morgan fingerprint density at radius 3 is 2.61 bits per heavy atom. The molecule has 1 aromatic heterocycles. The molecule has 23 heavy (non-hydrogen) atoms. The van der Waals surface area contributed by atoms with Crippen LogP contribution in [0.2, 0.25) is 0 Å². The highest BCUT2D eigenvalue weighted by molar-refractivity contribution is 7.07. The van der Waals surface area contributed by atoms with E-state index in [-0.39, 0.29) is 0 Å². The summed E-state index contributed by atoms with van der Waals surface area (Å²) in [7, 11) is 1.84. The fourth-order valence-corrected chi connectivity index (χ4v) is 3.59. The van der Waals surface area contributed by atoms with Crippen molar-refractivity contribution < 1.29 is 0 Å². The van der Waals surface area contributed by atoms with Gasteiger partial charge in [0.1, 0.15) is 0 Å². The fraction of sp³-hybridized carbons (Fsp3) is 0.706. The van der Waals surface area contributed by atoms with Gasteiger partial charge in [-0.1, -0.05) is 13.8 Å². The van der Waals surface area contributed by atoms with E-state index in [1.165, 1.54) is 38.3 Å². The molecule has 6 heteroatoms. The third kappa shape index (κ3) is 6.12. The molecular weight excluding hydrogens is 306 g/mol. The molecule has 0 amide bonds. The number of hydrogen-bond donors (Lipinski definition) is 2. The highest BCUT2D eigenvalue weighted by Gasteiger charge is 2.14. The number of thiophene rings is 1. The topological polar surface area (TPSA) is 42.9 Å². The van der Waals surface area contributed by atoms with Gasteiger partial charge >= 0.3 is 0 Å². The standard InChI is InChI=1S/C17H31N5S/c1-4-21-8-10-22(11-9-21)7-6-19-17(18-3)20-13-15(2)16-5-12-23-14-16/h5,12,14-15H,4,6-11,13H2,1-3H3,(H2,18,19,20). The van der Waals surface area contributed by atoms with E-state index < -0.39 is 0 Å². The summed E-state index contributed by atoms with van der Waals surface area (Å²) in [6.45, 7) is 13.3. The molecule has 1 unspecified atom stereocenters. The molecule has 1 atom stereocenters. The molecule has 130 valence electrons. The molecule has 1 aliphatic rings. The molecule has 1 saturated heterocycles. The number of nitrogens with one attached hydrogen (secondary N) is 2. The van der Waals surface area contributed by atoms with Gasteiger partial charge in [-0.2, -0.15) is 11.3 Å². The van der Waals surface area contributed by atoms with Crippen LogP contribution in [0.15, 0.2) is 21.8 Å². The van der Waals surface area contributed by atoms with Crippen molar-refractivity contribution in [1.82, 2.24) is 20.4 Å². The number of aliphatic imine (C=N–C) groups is 1. The molecule has 1 fully saturated rings. The van der Waals surface area contributed by atoms with Gasteiger partial charge in [0.2, 0.25) is 0 Å². The number of likely N-dealkylation sites (N-methyl/N-ethyl adjacent to an activating group) is 1. The van der Waals surface area contributed by atoms with Gasteiger partial charge in [0.05, 0.1) is 0 Å². The lowest BCUT2D eigenvalue weighted by molar-refractivity contribution is 0.139. The summed E-state index contributed by atoms with van der Waals surface area (Å²) in [6, 6.07) is 2.20. The molecule has 2 N–H and O–H groups in total. The molecule has 2 rings (SSSR count). The zero-order valence-electron chi connectivity index (χ0n) is 14.7. The second-order valence-electron chi connectivity index (χ2n) is 6.11. The largest absolute Gasteiger partial charge is 0.356 e. The van der Waals surface area contributed by atoms with Gasteiger partial charge in [-0.25, -0.2) is 0 Å². The Labute approximate surface area is 144 Å². The van der Waals surface area contributed by atoms with Crippen molar-refractivity contribution in [3.05, 3.63) is 22.4 Å². The van der Waals surface area contributed by atoms with E-state index in [0.29, 0.717) is 5.92 Å². The normalized spacial score (nSPS) is 18.8. The van der Waals surface area contributed by atoms with E-state index in [2.05, 4.69) is 56.1 Å². The lowest BCUT2D eigenvalue weighted by Crippen LogP contribution is -2.49. The average molecular weight is 338 g/mol. The zero-order chi connectivity index (χ0) is 16.5. The molecule has 0 bridgehead atoms. The Morgan fingerprint density at radius 2 is 2.00 bits per heavy atom. The van der Waals surface area contributed by atoms with Crippen LogP contribution in [0.4, 0.5) is 0 Å². The molecule has 0 aliphatic carbocycles. The fourth-order valence-electron chi connectivity index (χ4n) is 2.81. The van der Waals surface area contributed by atoms with E-state index in [9.17, 15) is 0 Å². The maximum Gasteiger partial charge on any atom is 0.191 e. The molecular formula is C17H31N5S. The van der Waals surface area contributed by atoms with Crippen LogP contribution in [0.5, 0.6) is 0 Å². The van der Waals surface area contributed by atoms with Crippen molar-refractivity contribution in [2.75, 3.05) is 59.4 Å². The van der Waals surface area contributed by atoms with Crippen LogP contribution in [0.1, 0.15) is 25.3 Å². The van der Waals surface area contributed by atoms with Crippen molar-refractivity contribution in [2.24, 2.45) is 4.99 Å². The van der Waals surface area contributed by atoms with Crippen molar-refractivity contribution in [3.63, 3.8) is 0 Å². The van der Waals surface area contributed by atoms with Crippen LogP contribution < -0.4 is 10.6 Å². The van der Waals surface area contributed by atoms with Crippen LogP contribution in [0.25, 0.3) is 0 Å². The minimum Gasteiger partial charge on any atom is -0.356 e. The van der Waals surface area contributed by atoms with Crippen LogP contribution in [-0.4, -0.2) is 75.2 Å². The van der Waals surface area contributed by atoms with Crippen molar-refractivity contribution in [1.29, 1.82) is 0 Å². The molecule has 0 spiro atoms. The summed E-state index contributed by atoms with van der Waals surface area (Å²) < 4.78 is 0. The number of piperazine rings is 1. The molecule has 0 radical (unpaired) electrons. The first kappa shape index (κ1) is 18.2. The maximum absolute atomic E-state index is 4.32. The molecule has 2 heterocycles. The molecule has 1 aromatic rings. The Hall–Kier alpha value is -1.11. The van der Waals surface area contributed by atoms with Crippen molar-refractivity contribution in [3.8, 4) is 0 Å². The highest BCUT2D eigenvalue weighted by Crippen LogP contribution is 2.16. The van der Waals surface area contributed by atoms with Gasteiger partial charge in [0, 0.05) is 52.9 Å². The Morgan fingerprint density at radius 1 is 1.26 bits per heavy atom. The lowest BCUT2D eigenvalue weighted by atomic mass is 10.1. The van der Waals surface area contributed by atoms with Crippen LogP contribution in [0.3, 0.4) is 0 Å². The first-order valence-electron chi connectivity index (χ1n) is 8.64. The van der Waals surface area contributed by atoms with Gasteiger partial charge in [-0.05, 0) is 34.9 Å². The number of nitrogens with zero attached hydrogens (tertiary/aromatic N) is 3. The first-order chi connectivity index (χ1) is 11.2. The second kappa shape index (κ2) is 9.90. The third-order valence-corrected chi connectivity index (χ3v) is 5.25. The van der Waals surface area contributed by atoms with E-state index in [1.54, 1.807) is 11.3 Å². The monoisotopic (exact) mass is 337 g/mol. The van der Waals surface area contributed by atoms with Gasteiger partial charge in [-0.3, -0.25) is 9.89 Å². The number of rotatable bonds is 7. The molecule has 0 saturated carbocycles. The maximum atomic E-state index is 4.32. The average Bonchev–Trinajstić information content (AvgIpc) is 3.13. The van der Waals surface area contributed by atoms with E-state index in [4.69, 9.17) is 0 Å². The zero-order valence-corrected chi connectivity index (χ0v) is 15.5. The second-order valence-corrected chi connectivity index (χ2v) is 6.89. The summed E-state index contributed by atoms with van der Waals surface area (Å²) in [5, 5.41) is 11.2. The highest BCUT2D eigenvalue weighted by atomic mass is 32.1. The summed E-state index contributed by atoms with van der Waals surface area (Å²) in [5.74, 6) is 1.40. The van der Waals surface area contributed by atoms with Gasteiger partial charge in [-0.15, -0.1) is 0 Å². The van der Waals surface area contributed by atoms with E-state index in [0.717, 1.165) is 25.6 Å². The predicted molar refractivity (Wildman–Crippen MR) is 101 cm³/mol. The van der Waals surface area contributed by atoms with Crippen LogP contribution in [0, 0.1) is 0 Å². The summed E-state index contributed by atoms with van der Waals surface area (Å²) in [5.41, 5.74) is 1.40.